The molecule has 1 unspecified atom stereocenters. The molecule has 0 radical (unpaired) electrons. The van der Waals surface area contributed by atoms with Crippen molar-refractivity contribution in [2.75, 3.05) is 6.54 Å². The van der Waals surface area contributed by atoms with E-state index in [2.05, 4.69) is 35.1 Å². The number of aryl methyl sites for hydroxylation is 1. The van der Waals surface area contributed by atoms with Crippen molar-refractivity contribution >= 4 is 21.8 Å². The van der Waals surface area contributed by atoms with Crippen LogP contribution < -0.4 is 5.32 Å². The number of amides is 1. The molecular formula is C15H22BrNO. The first kappa shape index (κ1) is 15.2. The Bertz CT molecular complexity index is 388. The number of alkyl halides is 1. The molecule has 1 N–H and O–H groups in total. The van der Waals surface area contributed by atoms with Crippen molar-refractivity contribution in [3.63, 3.8) is 0 Å². The van der Waals surface area contributed by atoms with Crippen LogP contribution in [0.5, 0.6) is 0 Å². The molecule has 0 heterocycles. The predicted octanol–water partition coefficient (Wildman–Crippen LogP) is 3.92. The van der Waals surface area contributed by atoms with Crippen LogP contribution >= 0.6 is 15.9 Å². The molecule has 0 saturated heterocycles. The molecule has 0 aliphatic carbocycles. The third-order valence-electron chi connectivity index (χ3n) is 3.30. The molecule has 0 saturated carbocycles. The Balaban J connectivity index is 2.51. The number of rotatable bonds is 6. The molecule has 3 heteroatoms. The molecule has 0 aliphatic rings. The van der Waals surface area contributed by atoms with Crippen molar-refractivity contribution in [3.05, 3.63) is 35.4 Å². The summed E-state index contributed by atoms with van der Waals surface area (Å²) in [5.41, 5.74) is 1.84. The second-order valence-electron chi connectivity index (χ2n) is 4.67. The summed E-state index contributed by atoms with van der Waals surface area (Å²) in [7, 11) is 0. The molecule has 100 valence electrons. The van der Waals surface area contributed by atoms with E-state index in [1.165, 1.54) is 0 Å². The molecule has 1 amide bonds. The Kier molecular flexibility index (Phi) is 6.41. The first-order chi connectivity index (χ1) is 8.58. The van der Waals surface area contributed by atoms with E-state index in [0.29, 0.717) is 17.3 Å². The van der Waals surface area contributed by atoms with Gasteiger partial charge in [0.25, 0.3) is 5.91 Å². The van der Waals surface area contributed by atoms with Crippen molar-refractivity contribution in [2.45, 2.75) is 38.4 Å². The van der Waals surface area contributed by atoms with Crippen molar-refractivity contribution in [2.24, 2.45) is 5.92 Å². The van der Waals surface area contributed by atoms with Crippen LogP contribution in [0, 0.1) is 12.8 Å². The molecule has 18 heavy (non-hydrogen) atoms. The van der Waals surface area contributed by atoms with E-state index in [-0.39, 0.29) is 5.91 Å². The average Bonchev–Trinajstić information content (AvgIpc) is 2.37. The van der Waals surface area contributed by atoms with Crippen LogP contribution in [0.3, 0.4) is 0 Å². The predicted molar refractivity (Wildman–Crippen MR) is 80.3 cm³/mol. The van der Waals surface area contributed by atoms with Crippen LogP contribution in [-0.4, -0.2) is 17.3 Å². The Hall–Kier alpha value is -0.830. The van der Waals surface area contributed by atoms with Crippen LogP contribution in [0.1, 0.15) is 42.6 Å². The summed E-state index contributed by atoms with van der Waals surface area (Å²) in [5, 5.41) is 2.99. The first-order valence-electron chi connectivity index (χ1n) is 6.57. The highest BCUT2D eigenvalue weighted by Crippen LogP contribution is 2.19. The van der Waals surface area contributed by atoms with Gasteiger partial charge in [-0.15, -0.1) is 0 Å². The summed E-state index contributed by atoms with van der Waals surface area (Å²) < 4.78 is 0. The van der Waals surface area contributed by atoms with Gasteiger partial charge in [-0.05, 0) is 25.0 Å². The van der Waals surface area contributed by atoms with Crippen LogP contribution in [0.4, 0.5) is 0 Å². The molecule has 1 aromatic carbocycles. The van der Waals surface area contributed by atoms with Crippen molar-refractivity contribution in [1.29, 1.82) is 0 Å². The van der Waals surface area contributed by atoms with Crippen LogP contribution in [0.25, 0.3) is 0 Å². The molecule has 2 nitrogen and oxygen atoms in total. The number of nitrogens with one attached hydrogen (secondary N) is 1. The van der Waals surface area contributed by atoms with E-state index < -0.39 is 0 Å². The van der Waals surface area contributed by atoms with Gasteiger partial charge in [-0.25, -0.2) is 0 Å². The van der Waals surface area contributed by atoms with Gasteiger partial charge in [0.15, 0.2) is 0 Å². The molecule has 1 rings (SSSR count). The van der Waals surface area contributed by atoms with Crippen molar-refractivity contribution in [3.8, 4) is 0 Å². The van der Waals surface area contributed by atoms with E-state index in [9.17, 15) is 4.79 Å². The number of halogens is 1. The van der Waals surface area contributed by atoms with Gasteiger partial charge in [0.05, 0.1) is 0 Å². The summed E-state index contributed by atoms with van der Waals surface area (Å²) >= 11 is 3.67. The first-order valence-corrected chi connectivity index (χ1v) is 7.49. The molecular weight excluding hydrogens is 290 g/mol. The van der Waals surface area contributed by atoms with Gasteiger partial charge in [0, 0.05) is 16.9 Å². The maximum atomic E-state index is 12.0. The third kappa shape index (κ3) is 4.45. The fourth-order valence-corrected chi connectivity index (χ4v) is 2.95. The fraction of sp³-hybridized carbons (Fsp3) is 0.533. The van der Waals surface area contributed by atoms with E-state index in [1.807, 2.05) is 31.2 Å². The van der Waals surface area contributed by atoms with Crippen LogP contribution in [-0.2, 0) is 0 Å². The minimum atomic E-state index is 0.00843. The lowest BCUT2D eigenvalue weighted by molar-refractivity contribution is 0.0952. The second-order valence-corrected chi connectivity index (χ2v) is 5.85. The number of carbonyl (C=O) groups is 1. The van der Waals surface area contributed by atoms with E-state index in [4.69, 9.17) is 0 Å². The smallest absolute Gasteiger partial charge is 0.251 e. The van der Waals surface area contributed by atoms with Gasteiger partial charge in [0.2, 0.25) is 0 Å². The quantitative estimate of drug-likeness (QED) is 0.793. The fourth-order valence-electron chi connectivity index (χ4n) is 2.05. The van der Waals surface area contributed by atoms with Gasteiger partial charge in [0.1, 0.15) is 0 Å². The van der Waals surface area contributed by atoms with Gasteiger partial charge < -0.3 is 5.32 Å². The highest BCUT2D eigenvalue weighted by molar-refractivity contribution is 9.09. The molecule has 0 aliphatic heterocycles. The summed E-state index contributed by atoms with van der Waals surface area (Å²) in [4.78, 5) is 12.3. The highest BCUT2D eigenvalue weighted by Gasteiger charge is 2.16. The van der Waals surface area contributed by atoms with Crippen LogP contribution in [0.15, 0.2) is 24.3 Å². The summed E-state index contributed by atoms with van der Waals surface area (Å²) in [6.07, 6.45) is 2.26. The third-order valence-corrected chi connectivity index (χ3v) is 4.37. The Morgan fingerprint density at radius 3 is 2.56 bits per heavy atom. The lowest BCUT2D eigenvalue weighted by Gasteiger charge is -2.19. The highest BCUT2D eigenvalue weighted by atomic mass is 79.9. The number of hydrogen-bond acceptors (Lipinski definition) is 1. The molecule has 0 spiro atoms. The van der Waals surface area contributed by atoms with Crippen molar-refractivity contribution < 1.29 is 4.79 Å². The van der Waals surface area contributed by atoms with Gasteiger partial charge in [-0.2, -0.15) is 0 Å². The number of carbonyl (C=O) groups excluding carboxylic acids is 1. The maximum absolute atomic E-state index is 12.0. The Morgan fingerprint density at radius 2 is 2.00 bits per heavy atom. The maximum Gasteiger partial charge on any atom is 0.251 e. The van der Waals surface area contributed by atoms with Gasteiger partial charge in [-0.1, -0.05) is 60.3 Å². The summed E-state index contributed by atoms with van der Waals surface area (Å²) in [6.45, 7) is 7.04. The monoisotopic (exact) mass is 311 g/mol. The van der Waals surface area contributed by atoms with E-state index in [1.54, 1.807) is 0 Å². The minimum absolute atomic E-state index is 0.00843. The summed E-state index contributed by atoms with van der Waals surface area (Å²) in [5.74, 6) is 0.622. The van der Waals surface area contributed by atoms with E-state index >= 15 is 0 Å². The number of hydrogen-bond donors (Lipinski definition) is 1. The molecule has 0 bridgehead atoms. The standard InChI is InChI=1S/C15H22BrNO/c1-4-12(5-2)14(16)10-17-15(18)13-8-6-7-11(3)9-13/h6-9,12,14H,4-5,10H2,1-3H3,(H,17,18). The Labute approximate surface area is 118 Å². The second kappa shape index (κ2) is 7.57. The molecule has 0 fully saturated rings. The lowest BCUT2D eigenvalue weighted by atomic mass is 9.99. The van der Waals surface area contributed by atoms with Gasteiger partial charge in [-0.3, -0.25) is 4.79 Å². The zero-order valence-electron chi connectivity index (χ0n) is 11.4. The SMILES string of the molecule is CCC(CC)C(Br)CNC(=O)c1cccc(C)c1. The number of benzene rings is 1. The molecule has 0 aromatic heterocycles. The van der Waals surface area contributed by atoms with Crippen LogP contribution in [0.2, 0.25) is 0 Å². The van der Waals surface area contributed by atoms with E-state index in [0.717, 1.165) is 24.0 Å². The minimum Gasteiger partial charge on any atom is -0.351 e. The zero-order valence-corrected chi connectivity index (χ0v) is 13.0. The van der Waals surface area contributed by atoms with Gasteiger partial charge >= 0.3 is 0 Å². The largest absolute Gasteiger partial charge is 0.351 e. The molecule has 1 aromatic rings. The topological polar surface area (TPSA) is 29.1 Å². The molecule has 1 atom stereocenters. The normalized spacial score (nSPS) is 12.5. The Morgan fingerprint density at radius 1 is 1.33 bits per heavy atom. The lowest BCUT2D eigenvalue weighted by Crippen LogP contribution is -2.32. The van der Waals surface area contributed by atoms with Crippen molar-refractivity contribution in [1.82, 2.24) is 5.32 Å². The average molecular weight is 312 g/mol. The zero-order chi connectivity index (χ0) is 13.5. The summed E-state index contributed by atoms with van der Waals surface area (Å²) in [6, 6.07) is 7.67.